The summed E-state index contributed by atoms with van der Waals surface area (Å²) in [5.41, 5.74) is -0.00948. The molecule has 7 heteroatoms. The normalized spacial score (nSPS) is 10.1. The van der Waals surface area contributed by atoms with Crippen LogP contribution in [0.3, 0.4) is 0 Å². The molecular weight excluding hydrogens is 298 g/mol. The van der Waals surface area contributed by atoms with Crippen LogP contribution >= 0.6 is 27.7 Å². The molecule has 0 bridgehead atoms. The number of nitro groups is 1. The Hall–Kier alpha value is -1.08. The van der Waals surface area contributed by atoms with Crippen molar-refractivity contribution in [1.29, 1.82) is 0 Å². The van der Waals surface area contributed by atoms with Gasteiger partial charge in [0.1, 0.15) is 0 Å². The molecule has 0 unspecified atom stereocenters. The van der Waals surface area contributed by atoms with Crippen LogP contribution in [0, 0.1) is 10.1 Å². The van der Waals surface area contributed by atoms with Crippen LogP contribution < -0.4 is 0 Å². The summed E-state index contributed by atoms with van der Waals surface area (Å²) in [6.07, 6.45) is -0.0160. The SMILES string of the molecule is O=C(O)CCSc1ccc(Br)cc1[N+](=O)[O-]. The fourth-order valence-corrected chi connectivity index (χ4v) is 2.29. The number of benzene rings is 1. The summed E-state index contributed by atoms with van der Waals surface area (Å²) in [6.45, 7) is 0. The van der Waals surface area contributed by atoms with Gasteiger partial charge in [0, 0.05) is 16.3 Å². The van der Waals surface area contributed by atoms with Gasteiger partial charge >= 0.3 is 5.97 Å². The van der Waals surface area contributed by atoms with Gasteiger partial charge in [-0.3, -0.25) is 14.9 Å². The van der Waals surface area contributed by atoms with Crippen molar-refractivity contribution >= 4 is 39.3 Å². The van der Waals surface area contributed by atoms with Crippen molar-refractivity contribution < 1.29 is 14.8 Å². The van der Waals surface area contributed by atoms with Crippen LogP contribution in [0.15, 0.2) is 27.6 Å². The van der Waals surface area contributed by atoms with Gasteiger partial charge in [0.05, 0.1) is 16.2 Å². The molecule has 0 aliphatic carbocycles. The average molecular weight is 306 g/mol. The first-order valence-electron chi connectivity index (χ1n) is 4.29. The maximum absolute atomic E-state index is 10.7. The zero-order valence-electron chi connectivity index (χ0n) is 8.05. The van der Waals surface area contributed by atoms with E-state index in [-0.39, 0.29) is 12.1 Å². The molecule has 0 radical (unpaired) electrons. The van der Waals surface area contributed by atoms with E-state index in [1.807, 2.05) is 0 Å². The van der Waals surface area contributed by atoms with E-state index >= 15 is 0 Å². The Bertz CT molecular complexity index is 424. The third-order valence-electron chi connectivity index (χ3n) is 1.69. The maximum atomic E-state index is 10.7. The van der Waals surface area contributed by atoms with Crippen molar-refractivity contribution in [3.8, 4) is 0 Å². The number of nitrogens with zero attached hydrogens (tertiary/aromatic N) is 1. The van der Waals surface area contributed by atoms with Crippen LogP contribution in [-0.4, -0.2) is 21.8 Å². The van der Waals surface area contributed by atoms with Gasteiger partial charge in [-0.2, -0.15) is 0 Å². The molecular formula is C9H8BrNO4S. The van der Waals surface area contributed by atoms with Gasteiger partial charge in [0.15, 0.2) is 0 Å². The van der Waals surface area contributed by atoms with E-state index in [0.717, 1.165) is 0 Å². The number of nitro benzene ring substituents is 1. The van der Waals surface area contributed by atoms with E-state index in [2.05, 4.69) is 15.9 Å². The van der Waals surface area contributed by atoms with E-state index in [1.165, 1.54) is 17.8 Å². The second kappa shape index (κ2) is 5.86. The van der Waals surface area contributed by atoms with Gasteiger partial charge in [0.2, 0.25) is 0 Å². The minimum absolute atomic E-state index is 0.00948. The van der Waals surface area contributed by atoms with Crippen LogP contribution in [0.2, 0.25) is 0 Å². The van der Waals surface area contributed by atoms with Crippen molar-refractivity contribution in [3.05, 3.63) is 32.8 Å². The van der Waals surface area contributed by atoms with E-state index in [4.69, 9.17) is 5.11 Å². The number of thioether (sulfide) groups is 1. The maximum Gasteiger partial charge on any atom is 0.304 e. The molecule has 0 spiro atoms. The average Bonchev–Trinajstić information content (AvgIpc) is 2.19. The fraction of sp³-hybridized carbons (Fsp3) is 0.222. The molecule has 1 rings (SSSR count). The Labute approximate surface area is 104 Å². The zero-order chi connectivity index (χ0) is 12.1. The van der Waals surface area contributed by atoms with E-state index in [0.29, 0.717) is 15.1 Å². The minimum atomic E-state index is -0.910. The second-order valence-electron chi connectivity index (χ2n) is 2.86. The first-order valence-corrected chi connectivity index (χ1v) is 6.07. The first-order chi connectivity index (χ1) is 7.50. The predicted molar refractivity (Wildman–Crippen MR) is 63.8 cm³/mol. The highest BCUT2D eigenvalue weighted by Gasteiger charge is 2.14. The third kappa shape index (κ3) is 3.82. The quantitative estimate of drug-likeness (QED) is 0.514. The van der Waals surface area contributed by atoms with Gasteiger partial charge in [-0.1, -0.05) is 15.9 Å². The Morgan fingerprint density at radius 3 is 2.81 bits per heavy atom. The van der Waals surface area contributed by atoms with E-state index in [1.54, 1.807) is 12.1 Å². The summed E-state index contributed by atoms with van der Waals surface area (Å²) in [4.78, 5) is 21.0. The molecule has 0 heterocycles. The molecule has 0 saturated heterocycles. The summed E-state index contributed by atoms with van der Waals surface area (Å²) >= 11 is 4.32. The Balaban J connectivity index is 2.78. The number of carboxylic acids is 1. The first kappa shape index (κ1) is 13.0. The molecule has 5 nitrogen and oxygen atoms in total. The highest BCUT2D eigenvalue weighted by atomic mass is 79.9. The molecule has 0 aliphatic heterocycles. The van der Waals surface area contributed by atoms with Crippen LogP contribution in [0.5, 0.6) is 0 Å². The molecule has 0 aliphatic rings. The van der Waals surface area contributed by atoms with Crippen molar-refractivity contribution in [2.45, 2.75) is 11.3 Å². The number of hydrogen-bond donors (Lipinski definition) is 1. The lowest BCUT2D eigenvalue weighted by Crippen LogP contribution is -1.97. The molecule has 1 aromatic rings. The summed E-state index contributed by atoms with van der Waals surface area (Å²) < 4.78 is 0.627. The van der Waals surface area contributed by atoms with Gasteiger partial charge in [-0.15, -0.1) is 11.8 Å². The van der Waals surface area contributed by atoms with Crippen LogP contribution in [0.4, 0.5) is 5.69 Å². The summed E-state index contributed by atoms with van der Waals surface area (Å²) in [5.74, 6) is -0.593. The van der Waals surface area contributed by atoms with Crippen molar-refractivity contribution in [1.82, 2.24) is 0 Å². The van der Waals surface area contributed by atoms with Gasteiger partial charge in [-0.05, 0) is 12.1 Å². The molecule has 0 amide bonds. The van der Waals surface area contributed by atoms with Crippen molar-refractivity contribution in [3.63, 3.8) is 0 Å². The Morgan fingerprint density at radius 2 is 2.25 bits per heavy atom. The van der Waals surface area contributed by atoms with Crippen molar-refractivity contribution in [2.24, 2.45) is 0 Å². The number of hydrogen-bond acceptors (Lipinski definition) is 4. The largest absolute Gasteiger partial charge is 0.481 e. The van der Waals surface area contributed by atoms with E-state index < -0.39 is 10.9 Å². The summed E-state index contributed by atoms with van der Waals surface area (Å²) in [5, 5.41) is 19.2. The molecule has 0 fully saturated rings. The molecule has 86 valence electrons. The summed E-state index contributed by atoms with van der Waals surface area (Å²) in [6, 6.07) is 4.70. The molecule has 1 aromatic carbocycles. The number of carboxylic acid groups (broad SMARTS) is 1. The van der Waals surface area contributed by atoms with Crippen LogP contribution in [-0.2, 0) is 4.79 Å². The molecule has 0 saturated carbocycles. The molecule has 1 N–H and O–H groups in total. The summed E-state index contributed by atoms with van der Waals surface area (Å²) in [7, 11) is 0. The zero-order valence-corrected chi connectivity index (χ0v) is 10.5. The topological polar surface area (TPSA) is 80.4 Å². The lowest BCUT2D eigenvalue weighted by atomic mass is 10.3. The molecule has 0 atom stereocenters. The number of aliphatic carboxylic acids is 1. The van der Waals surface area contributed by atoms with Gasteiger partial charge < -0.3 is 5.11 Å². The third-order valence-corrected chi connectivity index (χ3v) is 3.25. The molecule has 0 aromatic heterocycles. The minimum Gasteiger partial charge on any atom is -0.481 e. The van der Waals surface area contributed by atoms with Crippen molar-refractivity contribution in [2.75, 3.05) is 5.75 Å². The van der Waals surface area contributed by atoms with Crippen LogP contribution in [0.25, 0.3) is 0 Å². The predicted octanol–water partition coefficient (Wildman–Crippen LogP) is 2.92. The second-order valence-corrected chi connectivity index (χ2v) is 4.91. The standard InChI is InChI=1S/C9H8BrNO4S/c10-6-1-2-8(7(5-6)11(14)15)16-4-3-9(12)13/h1-2,5H,3-4H2,(H,12,13). The lowest BCUT2D eigenvalue weighted by molar-refractivity contribution is -0.387. The Morgan fingerprint density at radius 1 is 1.56 bits per heavy atom. The van der Waals surface area contributed by atoms with Crippen LogP contribution in [0.1, 0.15) is 6.42 Å². The smallest absolute Gasteiger partial charge is 0.304 e. The molecule has 16 heavy (non-hydrogen) atoms. The number of halogens is 1. The Kier molecular flexibility index (Phi) is 4.75. The monoisotopic (exact) mass is 305 g/mol. The number of rotatable bonds is 5. The fourth-order valence-electron chi connectivity index (χ4n) is 1.00. The lowest BCUT2D eigenvalue weighted by Gasteiger charge is -2.01. The van der Waals surface area contributed by atoms with E-state index in [9.17, 15) is 14.9 Å². The van der Waals surface area contributed by atoms with Gasteiger partial charge in [0.25, 0.3) is 5.69 Å². The highest BCUT2D eigenvalue weighted by molar-refractivity contribution is 9.10. The number of carbonyl (C=O) groups is 1. The highest BCUT2D eigenvalue weighted by Crippen LogP contribution is 2.31. The van der Waals surface area contributed by atoms with Gasteiger partial charge in [-0.25, -0.2) is 0 Å².